The van der Waals surface area contributed by atoms with E-state index < -0.39 is 6.10 Å². The van der Waals surface area contributed by atoms with Crippen LogP contribution in [0.5, 0.6) is 5.75 Å². The van der Waals surface area contributed by atoms with Crippen LogP contribution in [0.25, 0.3) is 10.9 Å². The molecule has 0 bridgehead atoms. The number of amides is 1. The number of methoxy groups -OCH3 is 1. The molecule has 0 aliphatic rings. The summed E-state index contributed by atoms with van der Waals surface area (Å²) in [5.41, 5.74) is 2.38. The summed E-state index contributed by atoms with van der Waals surface area (Å²) < 4.78 is 16.5. The molecule has 1 amide bonds. The first-order valence-electron chi connectivity index (χ1n) is 10.5. The van der Waals surface area contributed by atoms with Crippen LogP contribution in [0.1, 0.15) is 30.2 Å². The smallest absolute Gasteiger partial charge is 0.305 e. The molecule has 0 saturated carbocycles. The first kappa shape index (κ1) is 24.5. The minimum absolute atomic E-state index is 0.0898. The second-order valence-corrected chi connectivity index (χ2v) is 8.14. The third-order valence-electron chi connectivity index (χ3n) is 5.07. The Hall–Kier alpha value is -3.16. The van der Waals surface area contributed by atoms with E-state index in [1.54, 1.807) is 14.1 Å². The van der Waals surface area contributed by atoms with Crippen LogP contribution in [0.2, 0.25) is 5.02 Å². The number of esters is 1. The van der Waals surface area contributed by atoms with Crippen LogP contribution < -0.4 is 4.74 Å². The van der Waals surface area contributed by atoms with E-state index in [-0.39, 0.29) is 31.5 Å². The average Bonchev–Trinajstić information content (AvgIpc) is 2.82. The molecule has 1 aromatic heterocycles. The van der Waals surface area contributed by atoms with Crippen molar-refractivity contribution < 1.29 is 23.8 Å². The summed E-state index contributed by atoms with van der Waals surface area (Å²) in [5.74, 6) is 0.136. The molecule has 1 unspecified atom stereocenters. The van der Waals surface area contributed by atoms with Crippen LogP contribution in [0.3, 0.4) is 0 Å². The zero-order valence-corrected chi connectivity index (χ0v) is 19.7. The molecule has 8 heteroatoms. The third kappa shape index (κ3) is 7.17. The van der Waals surface area contributed by atoms with Crippen LogP contribution in [0.4, 0.5) is 0 Å². The number of hydrogen-bond acceptors (Lipinski definition) is 6. The standard InChI is InChI=1S/C25H27ClN2O5/c1-28(2)24(29)16-33-23(11-12-25(30)31-3)18-5-4-6-21(13-18)32-15-20-10-8-17-7-9-19(26)14-22(17)27-20/h4-10,13-14,23H,11-12,15-16H2,1-3H3. The van der Waals surface area contributed by atoms with Gasteiger partial charge < -0.3 is 19.1 Å². The summed E-state index contributed by atoms with van der Waals surface area (Å²) in [5, 5.41) is 1.63. The maximum absolute atomic E-state index is 12.0. The Morgan fingerprint density at radius 1 is 1.09 bits per heavy atom. The van der Waals surface area contributed by atoms with Crippen molar-refractivity contribution in [2.24, 2.45) is 0 Å². The molecule has 0 fully saturated rings. The molecule has 3 aromatic rings. The SMILES string of the molecule is COC(=O)CCC(OCC(=O)N(C)C)c1cccc(OCc2ccc3ccc(Cl)cc3n2)c1. The van der Waals surface area contributed by atoms with Crippen molar-refractivity contribution in [1.82, 2.24) is 9.88 Å². The Morgan fingerprint density at radius 2 is 1.88 bits per heavy atom. The molecule has 1 atom stereocenters. The molecule has 2 aromatic carbocycles. The van der Waals surface area contributed by atoms with Crippen LogP contribution in [-0.2, 0) is 25.7 Å². The van der Waals surface area contributed by atoms with Crippen LogP contribution in [0.15, 0.2) is 54.6 Å². The van der Waals surface area contributed by atoms with Crippen LogP contribution in [0, 0.1) is 0 Å². The Morgan fingerprint density at radius 3 is 2.64 bits per heavy atom. The molecule has 0 aliphatic carbocycles. The summed E-state index contributed by atoms with van der Waals surface area (Å²) in [6.07, 6.45) is 0.0907. The number of nitrogens with zero attached hydrogens (tertiary/aromatic N) is 2. The molecule has 7 nitrogen and oxygen atoms in total. The Balaban J connectivity index is 1.71. The van der Waals surface area contributed by atoms with Gasteiger partial charge in [-0.05, 0) is 42.3 Å². The third-order valence-corrected chi connectivity index (χ3v) is 5.31. The first-order chi connectivity index (χ1) is 15.9. The Kier molecular flexibility index (Phi) is 8.63. The van der Waals surface area contributed by atoms with Gasteiger partial charge in [0.1, 0.15) is 19.0 Å². The van der Waals surface area contributed by atoms with Crippen molar-refractivity contribution in [1.29, 1.82) is 0 Å². The summed E-state index contributed by atoms with van der Waals surface area (Å²) in [6.45, 7) is 0.187. The van der Waals surface area contributed by atoms with Crippen molar-refractivity contribution >= 4 is 34.4 Å². The molecule has 0 N–H and O–H groups in total. The predicted octanol–water partition coefficient (Wildman–Crippen LogP) is 4.57. The zero-order valence-electron chi connectivity index (χ0n) is 18.9. The van der Waals surface area contributed by atoms with Gasteiger partial charge in [-0.25, -0.2) is 4.98 Å². The number of likely N-dealkylation sites (N-methyl/N-ethyl adjacent to an activating group) is 1. The van der Waals surface area contributed by atoms with Crippen LogP contribution in [-0.4, -0.2) is 49.6 Å². The van der Waals surface area contributed by atoms with E-state index in [0.717, 1.165) is 22.2 Å². The van der Waals surface area contributed by atoms with E-state index in [4.69, 9.17) is 25.8 Å². The highest BCUT2D eigenvalue weighted by Crippen LogP contribution is 2.27. The average molecular weight is 471 g/mol. The zero-order chi connectivity index (χ0) is 23.8. The monoisotopic (exact) mass is 470 g/mol. The molecule has 0 spiro atoms. The highest BCUT2D eigenvalue weighted by Gasteiger charge is 2.18. The molecule has 0 saturated heterocycles. The van der Waals surface area contributed by atoms with Crippen molar-refractivity contribution in [3.63, 3.8) is 0 Å². The molecule has 33 heavy (non-hydrogen) atoms. The highest BCUT2D eigenvalue weighted by atomic mass is 35.5. The fraction of sp³-hybridized carbons (Fsp3) is 0.320. The van der Waals surface area contributed by atoms with E-state index in [2.05, 4.69) is 4.98 Å². The second kappa shape index (κ2) is 11.6. The number of pyridine rings is 1. The molecule has 0 aliphatic heterocycles. The number of aromatic nitrogens is 1. The maximum Gasteiger partial charge on any atom is 0.305 e. The number of carbonyl (C=O) groups is 2. The molecule has 1 heterocycles. The fourth-order valence-electron chi connectivity index (χ4n) is 3.17. The topological polar surface area (TPSA) is 78.0 Å². The lowest BCUT2D eigenvalue weighted by Crippen LogP contribution is -2.27. The van der Waals surface area contributed by atoms with Gasteiger partial charge in [-0.15, -0.1) is 0 Å². The minimum Gasteiger partial charge on any atom is -0.487 e. The Labute approximate surface area is 198 Å². The Bertz CT molecular complexity index is 1120. The largest absolute Gasteiger partial charge is 0.487 e. The van der Waals surface area contributed by atoms with Gasteiger partial charge in [-0.2, -0.15) is 0 Å². The van der Waals surface area contributed by atoms with Gasteiger partial charge in [0.25, 0.3) is 0 Å². The molecular weight excluding hydrogens is 444 g/mol. The van der Waals surface area contributed by atoms with E-state index in [1.807, 2.05) is 54.6 Å². The predicted molar refractivity (Wildman–Crippen MR) is 126 cm³/mol. The number of ether oxygens (including phenoxy) is 3. The van der Waals surface area contributed by atoms with E-state index in [1.165, 1.54) is 12.0 Å². The lowest BCUT2D eigenvalue weighted by molar-refractivity contribution is -0.142. The first-order valence-corrected chi connectivity index (χ1v) is 10.9. The molecular formula is C25H27ClN2O5. The normalized spacial score (nSPS) is 11.8. The number of hydrogen-bond donors (Lipinski definition) is 0. The summed E-state index contributed by atoms with van der Waals surface area (Å²) in [7, 11) is 4.67. The second-order valence-electron chi connectivity index (χ2n) is 7.70. The van der Waals surface area contributed by atoms with Gasteiger partial charge in [-0.1, -0.05) is 35.9 Å². The summed E-state index contributed by atoms with van der Waals surface area (Å²) in [6, 6.07) is 16.9. The minimum atomic E-state index is -0.461. The van der Waals surface area contributed by atoms with Crippen molar-refractivity contribution in [2.75, 3.05) is 27.8 Å². The molecule has 174 valence electrons. The van der Waals surface area contributed by atoms with Crippen molar-refractivity contribution in [2.45, 2.75) is 25.6 Å². The number of rotatable bonds is 10. The number of carbonyl (C=O) groups excluding carboxylic acids is 2. The molecule has 0 radical (unpaired) electrons. The maximum atomic E-state index is 12.0. The van der Waals surface area contributed by atoms with Gasteiger partial charge >= 0.3 is 5.97 Å². The van der Waals surface area contributed by atoms with Gasteiger partial charge in [0.15, 0.2) is 0 Å². The fourth-order valence-corrected chi connectivity index (χ4v) is 3.34. The van der Waals surface area contributed by atoms with Crippen molar-refractivity contribution in [3.8, 4) is 5.75 Å². The van der Waals surface area contributed by atoms with E-state index in [0.29, 0.717) is 17.2 Å². The van der Waals surface area contributed by atoms with Gasteiger partial charge in [-0.3, -0.25) is 9.59 Å². The number of benzene rings is 2. The van der Waals surface area contributed by atoms with E-state index in [9.17, 15) is 9.59 Å². The molecule has 3 rings (SSSR count). The van der Waals surface area contributed by atoms with Gasteiger partial charge in [0.05, 0.1) is 24.4 Å². The van der Waals surface area contributed by atoms with Gasteiger partial charge in [0.2, 0.25) is 5.91 Å². The lowest BCUT2D eigenvalue weighted by atomic mass is 10.0. The van der Waals surface area contributed by atoms with E-state index >= 15 is 0 Å². The number of halogens is 1. The highest BCUT2D eigenvalue weighted by molar-refractivity contribution is 6.31. The number of fused-ring (bicyclic) bond motifs is 1. The van der Waals surface area contributed by atoms with Crippen molar-refractivity contribution in [3.05, 3.63) is 70.9 Å². The quantitative estimate of drug-likeness (QED) is 0.404. The van der Waals surface area contributed by atoms with Gasteiger partial charge in [0, 0.05) is 30.9 Å². The lowest BCUT2D eigenvalue weighted by Gasteiger charge is -2.20. The summed E-state index contributed by atoms with van der Waals surface area (Å²) >= 11 is 6.07. The summed E-state index contributed by atoms with van der Waals surface area (Å²) in [4.78, 5) is 29.7. The van der Waals surface area contributed by atoms with Crippen LogP contribution >= 0.6 is 11.6 Å².